The van der Waals surface area contributed by atoms with E-state index in [9.17, 15) is 13.2 Å². The van der Waals surface area contributed by atoms with Crippen molar-refractivity contribution in [3.05, 3.63) is 23.7 Å². The molecule has 0 amide bonds. The lowest BCUT2D eigenvalue weighted by Crippen LogP contribution is -2.57. The van der Waals surface area contributed by atoms with Crippen molar-refractivity contribution in [1.82, 2.24) is 9.46 Å². The van der Waals surface area contributed by atoms with E-state index in [1.54, 1.807) is 17.5 Å². The van der Waals surface area contributed by atoms with E-state index in [2.05, 4.69) is 19.0 Å². The van der Waals surface area contributed by atoms with Gasteiger partial charge in [0.1, 0.15) is 4.21 Å². The highest BCUT2D eigenvalue weighted by Gasteiger charge is 2.68. The van der Waals surface area contributed by atoms with Gasteiger partial charge in [0.15, 0.2) is 5.76 Å². The van der Waals surface area contributed by atoms with Crippen molar-refractivity contribution in [2.75, 3.05) is 20.2 Å². The summed E-state index contributed by atoms with van der Waals surface area (Å²) < 4.78 is 38.0. The minimum absolute atomic E-state index is 0.0362. The first kappa shape index (κ1) is 17.7. The van der Waals surface area contributed by atoms with E-state index in [1.165, 1.54) is 17.6 Å². The maximum atomic E-state index is 13.1. The van der Waals surface area contributed by atoms with Gasteiger partial charge in [0, 0.05) is 30.1 Å². The van der Waals surface area contributed by atoms with Gasteiger partial charge in [-0.1, -0.05) is 19.0 Å². The number of aromatic nitrogens is 1. The van der Waals surface area contributed by atoms with Gasteiger partial charge < -0.3 is 9.26 Å². The lowest BCUT2D eigenvalue weighted by Gasteiger charge is -2.54. The summed E-state index contributed by atoms with van der Waals surface area (Å²) in [6, 6.07) is 3.28. The number of hydrogen-bond acceptors (Lipinski definition) is 7. The molecule has 2 aromatic heterocycles. The number of rotatable bonds is 4. The molecule has 2 aliphatic rings. The average Bonchev–Trinajstić information content (AvgIpc) is 3.31. The number of carbonyl (C=O) groups is 1. The molecule has 1 saturated heterocycles. The predicted molar refractivity (Wildman–Crippen MR) is 94.9 cm³/mol. The molecular weight excluding hydrogens is 376 g/mol. The van der Waals surface area contributed by atoms with E-state index in [-0.39, 0.29) is 28.1 Å². The fraction of sp³-hybridized carbons (Fsp3) is 0.529. The van der Waals surface area contributed by atoms with E-state index in [0.717, 1.165) is 11.3 Å². The van der Waals surface area contributed by atoms with Crippen LogP contribution in [-0.4, -0.2) is 44.0 Å². The van der Waals surface area contributed by atoms with Gasteiger partial charge in [-0.3, -0.25) is 4.79 Å². The van der Waals surface area contributed by atoms with Crippen molar-refractivity contribution in [2.24, 2.45) is 16.7 Å². The van der Waals surface area contributed by atoms with Crippen LogP contribution in [0.3, 0.4) is 0 Å². The van der Waals surface area contributed by atoms with E-state index in [1.807, 2.05) is 0 Å². The summed E-state index contributed by atoms with van der Waals surface area (Å²) in [5.74, 6) is 0.176. The largest absolute Gasteiger partial charge is 0.469 e. The smallest absolute Gasteiger partial charge is 0.313 e. The fourth-order valence-corrected chi connectivity index (χ4v) is 7.43. The Morgan fingerprint density at radius 2 is 2.23 bits per heavy atom. The van der Waals surface area contributed by atoms with E-state index >= 15 is 0 Å². The molecular formula is C17H20N2O5S2. The van der Waals surface area contributed by atoms with Crippen LogP contribution in [0.25, 0.3) is 11.3 Å². The molecule has 26 heavy (non-hydrogen) atoms. The zero-order chi connectivity index (χ0) is 18.7. The first-order valence-electron chi connectivity index (χ1n) is 8.29. The number of methoxy groups -OCH3 is 1. The first-order valence-corrected chi connectivity index (χ1v) is 10.6. The average molecular weight is 396 g/mol. The Labute approximate surface area is 156 Å². The van der Waals surface area contributed by atoms with Crippen LogP contribution in [0, 0.1) is 16.7 Å². The molecule has 2 aromatic rings. The molecule has 140 valence electrons. The van der Waals surface area contributed by atoms with Crippen LogP contribution >= 0.6 is 11.3 Å². The Bertz CT molecular complexity index is 948. The van der Waals surface area contributed by atoms with Gasteiger partial charge >= 0.3 is 5.97 Å². The zero-order valence-electron chi connectivity index (χ0n) is 14.8. The highest BCUT2D eigenvalue weighted by Crippen LogP contribution is 2.63. The second-order valence-electron chi connectivity index (χ2n) is 7.69. The first-order chi connectivity index (χ1) is 12.2. The maximum absolute atomic E-state index is 13.1. The van der Waals surface area contributed by atoms with Gasteiger partial charge in [-0.2, -0.15) is 4.31 Å². The number of thiophene rings is 1. The van der Waals surface area contributed by atoms with Gasteiger partial charge in [0.25, 0.3) is 10.0 Å². The maximum Gasteiger partial charge on any atom is 0.313 e. The van der Waals surface area contributed by atoms with E-state index in [0.29, 0.717) is 24.3 Å². The third-order valence-electron chi connectivity index (χ3n) is 5.71. The Balaban J connectivity index is 1.64. The molecule has 2 fully saturated rings. The second kappa shape index (κ2) is 5.64. The topological polar surface area (TPSA) is 89.7 Å². The van der Waals surface area contributed by atoms with Gasteiger partial charge in [-0.05, 0) is 23.8 Å². The number of ether oxygens (including phenoxy) is 1. The van der Waals surface area contributed by atoms with Crippen molar-refractivity contribution in [1.29, 1.82) is 0 Å². The van der Waals surface area contributed by atoms with Crippen LogP contribution < -0.4 is 0 Å². The third-order valence-corrected chi connectivity index (χ3v) is 8.94. The Kier molecular flexibility index (Phi) is 3.84. The standard InChI is InChI=1S/C17H20N2O5S2/c1-16(2)9-17(15(20)23-3)10-19(7-13(16)17)26(21,22)14-6-11(8-25-14)12-4-5-18-24-12/h4-6,8,13H,7,9-10H2,1-3H3/t13-,17+/m1/s1. The number of esters is 1. The number of sulfonamides is 1. The van der Waals surface area contributed by atoms with Crippen molar-refractivity contribution in [2.45, 2.75) is 24.5 Å². The molecule has 0 spiro atoms. The summed E-state index contributed by atoms with van der Waals surface area (Å²) in [4.78, 5) is 12.4. The van der Waals surface area contributed by atoms with Crippen molar-refractivity contribution in [3.63, 3.8) is 0 Å². The minimum atomic E-state index is -3.68. The number of fused-ring (bicyclic) bond motifs is 1. The molecule has 1 aliphatic heterocycles. The molecule has 3 heterocycles. The number of hydrogen-bond donors (Lipinski definition) is 0. The van der Waals surface area contributed by atoms with Crippen LogP contribution in [0.5, 0.6) is 0 Å². The summed E-state index contributed by atoms with van der Waals surface area (Å²) in [5, 5.41) is 5.38. The van der Waals surface area contributed by atoms with Crippen LogP contribution in [0.2, 0.25) is 0 Å². The number of carbonyl (C=O) groups excluding carboxylic acids is 1. The van der Waals surface area contributed by atoms with Gasteiger partial charge in [-0.15, -0.1) is 11.3 Å². The molecule has 0 bridgehead atoms. The monoisotopic (exact) mass is 396 g/mol. The van der Waals surface area contributed by atoms with Gasteiger partial charge in [-0.25, -0.2) is 8.42 Å². The SMILES string of the molecule is COC(=O)[C@@]12CN(S(=O)(=O)c3cc(-c4ccno4)cs3)C[C@@H]1C(C)(C)C2. The minimum Gasteiger partial charge on any atom is -0.469 e. The molecule has 7 nitrogen and oxygen atoms in total. The summed E-state index contributed by atoms with van der Waals surface area (Å²) in [6.45, 7) is 4.65. The van der Waals surface area contributed by atoms with Gasteiger partial charge in [0.05, 0.1) is 18.7 Å². The Morgan fingerprint density at radius 3 is 2.85 bits per heavy atom. The molecule has 4 rings (SSSR count). The van der Waals surface area contributed by atoms with E-state index in [4.69, 9.17) is 9.26 Å². The summed E-state index contributed by atoms with van der Waals surface area (Å²) >= 11 is 1.14. The molecule has 1 saturated carbocycles. The molecule has 0 aromatic carbocycles. The lowest BCUT2D eigenvalue weighted by molar-refractivity contribution is -0.174. The van der Waals surface area contributed by atoms with Crippen LogP contribution in [-0.2, 0) is 19.6 Å². The van der Waals surface area contributed by atoms with Crippen LogP contribution in [0.4, 0.5) is 0 Å². The van der Waals surface area contributed by atoms with Crippen LogP contribution in [0.15, 0.2) is 32.4 Å². The Hall–Kier alpha value is -1.71. The molecule has 2 atom stereocenters. The summed E-state index contributed by atoms with van der Waals surface area (Å²) in [7, 11) is -2.32. The molecule has 1 aliphatic carbocycles. The van der Waals surface area contributed by atoms with E-state index < -0.39 is 15.4 Å². The molecule has 9 heteroatoms. The normalized spacial score (nSPS) is 27.7. The Morgan fingerprint density at radius 1 is 1.46 bits per heavy atom. The fourth-order valence-electron chi connectivity index (χ4n) is 4.59. The summed E-state index contributed by atoms with van der Waals surface area (Å²) in [5.41, 5.74) is -0.133. The highest BCUT2D eigenvalue weighted by molar-refractivity contribution is 7.91. The van der Waals surface area contributed by atoms with Crippen LogP contribution in [0.1, 0.15) is 20.3 Å². The number of nitrogens with zero attached hydrogens (tertiary/aromatic N) is 2. The molecule has 0 unspecified atom stereocenters. The predicted octanol–water partition coefficient (Wildman–Crippen LogP) is 2.61. The highest BCUT2D eigenvalue weighted by atomic mass is 32.2. The molecule has 0 N–H and O–H groups in total. The van der Waals surface area contributed by atoms with Gasteiger partial charge in [0.2, 0.25) is 0 Å². The quantitative estimate of drug-likeness (QED) is 0.738. The summed E-state index contributed by atoms with van der Waals surface area (Å²) in [6.07, 6.45) is 2.15. The third kappa shape index (κ3) is 2.37. The van der Waals surface area contributed by atoms with Crippen molar-refractivity contribution in [3.8, 4) is 11.3 Å². The zero-order valence-corrected chi connectivity index (χ0v) is 16.4. The van der Waals surface area contributed by atoms with Crippen molar-refractivity contribution >= 4 is 27.3 Å². The molecule has 0 radical (unpaired) electrons. The lowest BCUT2D eigenvalue weighted by atomic mass is 9.48. The van der Waals surface area contributed by atoms with Crippen molar-refractivity contribution < 1.29 is 22.5 Å². The second-order valence-corrected chi connectivity index (χ2v) is 10.8.